The van der Waals surface area contributed by atoms with Crippen molar-refractivity contribution in [2.24, 2.45) is 0 Å². The number of carbonyl (C=O) groups excluding carboxylic acids is 1. The predicted molar refractivity (Wildman–Crippen MR) is 126 cm³/mol. The molecule has 3 aromatic rings. The molecule has 1 aliphatic heterocycles. The van der Waals surface area contributed by atoms with Crippen molar-refractivity contribution in [2.45, 2.75) is 0 Å². The molecule has 1 aromatic heterocycles. The van der Waals surface area contributed by atoms with Crippen LogP contribution in [0.5, 0.6) is 0 Å². The molecule has 0 unspecified atom stereocenters. The van der Waals surface area contributed by atoms with Crippen molar-refractivity contribution in [3.05, 3.63) is 75.4 Å². The normalized spacial score (nSPS) is 14.2. The van der Waals surface area contributed by atoms with Crippen molar-refractivity contribution >= 4 is 58.2 Å². The van der Waals surface area contributed by atoms with E-state index in [0.29, 0.717) is 58.6 Å². The summed E-state index contributed by atoms with van der Waals surface area (Å²) in [7, 11) is 0. The molecule has 2 aromatic carbocycles. The van der Waals surface area contributed by atoms with Gasteiger partial charge in [-0.3, -0.25) is 4.79 Å². The lowest BCUT2D eigenvalue weighted by Gasteiger charge is -2.31. The Morgan fingerprint density at radius 1 is 1.00 bits per heavy atom. The van der Waals surface area contributed by atoms with E-state index in [1.54, 1.807) is 42.5 Å². The summed E-state index contributed by atoms with van der Waals surface area (Å²) in [6.45, 7) is 2.67. The summed E-state index contributed by atoms with van der Waals surface area (Å²) in [5, 5.41) is 4.53. The van der Waals surface area contributed by atoms with Crippen LogP contribution in [-0.4, -0.2) is 32.2 Å². The fraction of sp³-hybridized carbons (Fsp3) is 0.174. The van der Waals surface area contributed by atoms with Crippen LogP contribution in [0.2, 0.25) is 15.1 Å². The standard InChI is InChI=1S/C23H19Cl3N2O3/c24-16-12-15(13-17(25)14-16)21-6-4-18(31-21)5-7-22(29)27-20-3-1-2-19(26)23(20)28-8-10-30-11-9-28/h1-7,12-14H,8-11H2,(H,27,29)/b7-5+. The molecular formula is C23H19Cl3N2O3. The SMILES string of the molecule is O=C(/C=C/c1ccc(-c2cc(Cl)cc(Cl)c2)o1)Nc1cccc(Cl)c1N1CCOCC1. The van der Waals surface area contributed by atoms with E-state index in [1.165, 1.54) is 6.08 Å². The topological polar surface area (TPSA) is 54.7 Å². The number of halogens is 3. The summed E-state index contributed by atoms with van der Waals surface area (Å²) >= 11 is 18.5. The van der Waals surface area contributed by atoms with Gasteiger partial charge in [0.25, 0.3) is 0 Å². The van der Waals surface area contributed by atoms with Crippen molar-refractivity contribution in [2.75, 3.05) is 36.5 Å². The summed E-state index contributed by atoms with van der Waals surface area (Å²) < 4.78 is 11.2. The second-order valence-electron chi connectivity index (χ2n) is 6.92. The molecule has 0 spiro atoms. The zero-order valence-corrected chi connectivity index (χ0v) is 18.7. The van der Waals surface area contributed by atoms with Gasteiger partial charge in [0.1, 0.15) is 11.5 Å². The van der Waals surface area contributed by atoms with E-state index in [2.05, 4.69) is 10.2 Å². The number of morpholine rings is 1. The first-order valence-corrected chi connectivity index (χ1v) is 10.8. The van der Waals surface area contributed by atoms with Crippen LogP contribution in [0.3, 0.4) is 0 Å². The molecule has 1 N–H and O–H groups in total. The van der Waals surface area contributed by atoms with Crippen LogP contribution in [0, 0.1) is 0 Å². The molecule has 1 aliphatic rings. The highest BCUT2D eigenvalue weighted by Gasteiger charge is 2.18. The number of furan rings is 1. The fourth-order valence-electron chi connectivity index (χ4n) is 3.35. The van der Waals surface area contributed by atoms with E-state index < -0.39 is 0 Å². The van der Waals surface area contributed by atoms with Crippen LogP contribution in [-0.2, 0) is 9.53 Å². The van der Waals surface area contributed by atoms with Crippen LogP contribution in [0.25, 0.3) is 17.4 Å². The predicted octanol–water partition coefficient (Wildman–Crippen LogP) is 6.40. The second kappa shape index (κ2) is 9.79. The lowest BCUT2D eigenvalue weighted by atomic mass is 10.2. The van der Waals surface area contributed by atoms with Crippen LogP contribution < -0.4 is 10.2 Å². The highest BCUT2D eigenvalue weighted by Crippen LogP contribution is 2.34. The Kier molecular flexibility index (Phi) is 6.88. The molecule has 0 saturated carbocycles. The Morgan fingerprint density at radius 2 is 1.74 bits per heavy atom. The third-order valence-corrected chi connectivity index (χ3v) is 5.49. The maximum atomic E-state index is 12.5. The van der Waals surface area contributed by atoms with Gasteiger partial charge in [-0.25, -0.2) is 0 Å². The number of ether oxygens (including phenoxy) is 1. The van der Waals surface area contributed by atoms with Crippen molar-refractivity contribution in [1.29, 1.82) is 0 Å². The van der Waals surface area contributed by atoms with Crippen molar-refractivity contribution in [3.8, 4) is 11.3 Å². The number of nitrogens with zero attached hydrogens (tertiary/aromatic N) is 1. The summed E-state index contributed by atoms with van der Waals surface area (Å²) in [5.41, 5.74) is 2.21. The van der Waals surface area contributed by atoms with Gasteiger partial charge < -0.3 is 19.4 Å². The van der Waals surface area contributed by atoms with Crippen LogP contribution in [0.4, 0.5) is 11.4 Å². The van der Waals surface area contributed by atoms with Gasteiger partial charge >= 0.3 is 0 Å². The number of para-hydroxylation sites is 1. The van der Waals surface area contributed by atoms with Crippen molar-refractivity contribution < 1.29 is 13.9 Å². The Morgan fingerprint density at radius 3 is 2.48 bits per heavy atom. The molecule has 0 aliphatic carbocycles. The van der Waals surface area contributed by atoms with Crippen molar-refractivity contribution in [1.82, 2.24) is 0 Å². The average Bonchev–Trinajstić information content (AvgIpc) is 3.22. The Hall–Kier alpha value is -2.44. The Balaban J connectivity index is 1.47. The lowest BCUT2D eigenvalue weighted by molar-refractivity contribution is -0.111. The Labute approximate surface area is 195 Å². The van der Waals surface area contributed by atoms with E-state index in [-0.39, 0.29) is 5.91 Å². The molecule has 2 heterocycles. The highest BCUT2D eigenvalue weighted by molar-refractivity contribution is 6.35. The maximum Gasteiger partial charge on any atom is 0.248 e. The van der Waals surface area contributed by atoms with E-state index in [4.69, 9.17) is 44.0 Å². The quantitative estimate of drug-likeness (QED) is 0.432. The number of hydrogen-bond donors (Lipinski definition) is 1. The minimum Gasteiger partial charge on any atom is -0.457 e. The number of hydrogen-bond acceptors (Lipinski definition) is 4. The van der Waals surface area contributed by atoms with Gasteiger partial charge in [-0.1, -0.05) is 40.9 Å². The molecule has 1 saturated heterocycles. The summed E-state index contributed by atoms with van der Waals surface area (Å²) in [6, 6.07) is 14.2. The maximum absolute atomic E-state index is 12.5. The van der Waals surface area contributed by atoms with Crippen LogP contribution in [0.1, 0.15) is 5.76 Å². The summed E-state index contributed by atoms with van der Waals surface area (Å²) in [5.74, 6) is 0.843. The second-order valence-corrected chi connectivity index (χ2v) is 8.20. The first kappa shape index (κ1) is 21.8. The number of anilines is 2. The smallest absolute Gasteiger partial charge is 0.248 e. The zero-order chi connectivity index (χ0) is 21.8. The minimum absolute atomic E-state index is 0.291. The summed E-state index contributed by atoms with van der Waals surface area (Å²) in [4.78, 5) is 14.6. The summed E-state index contributed by atoms with van der Waals surface area (Å²) in [6.07, 6.45) is 3.02. The molecule has 4 rings (SSSR count). The number of benzene rings is 2. The number of rotatable bonds is 5. The number of amides is 1. The molecule has 1 fully saturated rings. The van der Waals surface area contributed by atoms with Gasteiger partial charge in [-0.05, 0) is 48.5 Å². The van der Waals surface area contributed by atoms with Gasteiger partial charge in [0, 0.05) is 34.8 Å². The molecule has 1 amide bonds. The molecule has 0 atom stereocenters. The fourth-order valence-corrected chi connectivity index (χ4v) is 4.17. The average molecular weight is 478 g/mol. The molecule has 0 bridgehead atoms. The van der Waals surface area contributed by atoms with Gasteiger partial charge in [-0.2, -0.15) is 0 Å². The van der Waals surface area contributed by atoms with Crippen LogP contribution in [0.15, 0.2) is 59.0 Å². The highest BCUT2D eigenvalue weighted by atomic mass is 35.5. The molecule has 31 heavy (non-hydrogen) atoms. The van der Waals surface area contributed by atoms with Gasteiger partial charge in [-0.15, -0.1) is 0 Å². The van der Waals surface area contributed by atoms with Gasteiger partial charge in [0.05, 0.1) is 29.6 Å². The Bertz CT molecular complexity index is 1100. The molecule has 5 nitrogen and oxygen atoms in total. The third kappa shape index (κ3) is 5.43. The first-order valence-electron chi connectivity index (χ1n) is 9.66. The van der Waals surface area contributed by atoms with Gasteiger partial charge in [0.2, 0.25) is 5.91 Å². The van der Waals surface area contributed by atoms with Crippen LogP contribution >= 0.6 is 34.8 Å². The van der Waals surface area contributed by atoms with Gasteiger partial charge in [0.15, 0.2) is 0 Å². The number of nitrogens with one attached hydrogen (secondary N) is 1. The minimum atomic E-state index is -0.291. The van der Waals surface area contributed by atoms with E-state index >= 15 is 0 Å². The lowest BCUT2D eigenvalue weighted by Crippen LogP contribution is -2.37. The molecule has 8 heteroatoms. The van der Waals surface area contributed by atoms with E-state index in [1.807, 2.05) is 12.1 Å². The molecule has 160 valence electrons. The van der Waals surface area contributed by atoms with E-state index in [9.17, 15) is 4.79 Å². The molecular weight excluding hydrogens is 459 g/mol. The van der Waals surface area contributed by atoms with Crippen molar-refractivity contribution in [3.63, 3.8) is 0 Å². The third-order valence-electron chi connectivity index (χ3n) is 4.74. The number of carbonyl (C=O) groups is 1. The first-order chi connectivity index (χ1) is 15.0. The zero-order valence-electron chi connectivity index (χ0n) is 16.4. The largest absolute Gasteiger partial charge is 0.457 e. The van der Waals surface area contributed by atoms with E-state index in [0.717, 1.165) is 11.3 Å². The molecule has 0 radical (unpaired) electrons. The monoisotopic (exact) mass is 476 g/mol.